The van der Waals surface area contributed by atoms with Gasteiger partial charge in [-0.2, -0.15) is 0 Å². The van der Waals surface area contributed by atoms with Crippen molar-refractivity contribution in [1.29, 1.82) is 0 Å². The van der Waals surface area contributed by atoms with Crippen LogP contribution in [0.1, 0.15) is 18.4 Å². The SMILES string of the molecule is C[Si](C)(C)c1ccc(-c2ccc(-c3ccc4cc(/C5=C/C=c6/cccc/c6=C/CC5)ccc4c3)cc2)cc1. The first-order chi connectivity index (χ1) is 18.4. The standard InChI is InChI=1S/C37H34Si/c1-38(2,3)37-23-21-31(22-24-37)30-13-15-32(16-14-30)34-18-20-35-25-33(17-19-36(35)26-34)29-10-6-9-27-7-4-5-8-28(27)11-12-29/h4-5,7-9,11-26H,6,10H2,1-3H3/b27-9-,28-11-,29-12+. The fraction of sp³-hybridized carbons (Fsp3) is 0.135. The molecule has 0 spiro atoms. The molecule has 1 aliphatic carbocycles. The van der Waals surface area contributed by atoms with Gasteiger partial charge in [0.05, 0.1) is 8.07 Å². The first kappa shape index (κ1) is 24.4. The Kier molecular flexibility index (Phi) is 6.47. The van der Waals surface area contributed by atoms with Gasteiger partial charge in [-0.05, 0) is 79.6 Å². The molecule has 1 heteroatoms. The maximum Gasteiger partial charge on any atom is 0.0775 e. The zero-order chi connectivity index (χ0) is 26.1. The van der Waals surface area contributed by atoms with Crippen LogP contribution in [0.3, 0.4) is 0 Å². The summed E-state index contributed by atoms with van der Waals surface area (Å²) >= 11 is 0. The van der Waals surface area contributed by atoms with Crippen LogP contribution in [-0.2, 0) is 0 Å². The van der Waals surface area contributed by atoms with E-state index in [2.05, 4.69) is 147 Å². The first-order valence-corrected chi connectivity index (χ1v) is 17.2. The summed E-state index contributed by atoms with van der Waals surface area (Å²) in [7, 11) is -1.27. The molecule has 0 saturated carbocycles. The van der Waals surface area contributed by atoms with Crippen LogP contribution in [-0.4, -0.2) is 8.07 Å². The average molecular weight is 507 g/mol. The van der Waals surface area contributed by atoms with Crippen LogP contribution in [0.5, 0.6) is 0 Å². The lowest BCUT2D eigenvalue weighted by Gasteiger charge is -2.16. The summed E-state index contributed by atoms with van der Waals surface area (Å²) in [4.78, 5) is 0. The summed E-state index contributed by atoms with van der Waals surface area (Å²) in [5.74, 6) is 0. The van der Waals surface area contributed by atoms with Crippen molar-refractivity contribution in [3.63, 3.8) is 0 Å². The monoisotopic (exact) mass is 506 g/mol. The van der Waals surface area contributed by atoms with E-state index in [1.807, 2.05) is 0 Å². The fourth-order valence-electron chi connectivity index (χ4n) is 5.39. The number of allylic oxidation sites excluding steroid dienone is 2. The summed E-state index contributed by atoms with van der Waals surface area (Å²) in [6.45, 7) is 7.19. The van der Waals surface area contributed by atoms with Crippen molar-refractivity contribution in [2.24, 2.45) is 0 Å². The highest BCUT2D eigenvalue weighted by atomic mass is 28.3. The van der Waals surface area contributed by atoms with E-state index in [9.17, 15) is 0 Å². The molecule has 0 heterocycles. The fourth-order valence-corrected chi connectivity index (χ4v) is 6.56. The van der Waals surface area contributed by atoms with E-state index in [0.717, 1.165) is 12.8 Å². The van der Waals surface area contributed by atoms with Crippen LogP contribution in [0.4, 0.5) is 0 Å². The Morgan fingerprint density at radius 3 is 1.68 bits per heavy atom. The van der Waals surface area contributed by atoms with Crippen LogP contribution in [0.2, 0.25) is 19.6 Å². The molecule has 6 rings (SSSR count). The second-order valence-electron chi connectivity index (χ2n) is 11.4. The van der Waals surface area contributed by atoms with Gasteiger partial charge >= 0.3 is 0 Å². The third-order valence-corrected chi connectivity index (χ3v) is 9.82. The van der Waals surface area contributed by atoms with Crippen molar-refractivity contribution >= 4 is 41.8 Å². The van der Waals surface area contributed by atoms with Gasteiger partial charge in [0.25, 0.3) is 0 Å². The molecular weight excluding hydrogens is 472 g/mol. The van der Waals surface area contributed by atoms with Gasteiger partial charge in [-0.3, -0.25) is 0 Å². The number of benzene rings is 5. The molecule has 5 aromatic carbocycles. The molecule has 0 unspecified atom stereocenters. The maximum atomic E-state index is 2.40. The summed E-state index contributed by atoms with van der Waals surface area (Å²) in [6.07, 6.45) is 9.05. The molecule has 0 fully saturated rings. The van der Waals surface area contributed by atoms with E-state index in [0.29, 0.717) is 0 Å². The lowest BCUT2D eigenvalue weighted by Crippen LogP contribution is -2.37. The van der Waals surface area contributed by atoms with Gasteiger partial charge in [0.2, 0.25) is 0 Å². The smallest absolute Gasteiger partial charge is 0.0763 e. The van der Waals surface area contributed by atoms with Crippen LogP contribution in [0, 0.1) is 0 Å². The number of rotatable bonds is 4. The molecule has 0 aliphatic heterocycles. The highest BCUT2D eigenvalue weighted by Gasteiger charge is 2.15. The molecule has 0 nitrogen and oxygen atoms in total. The zero-order valence-electron chi connectivity index (χ0n) is 22.5. The highest BCUT2D eigenvalue weighted by Crippen LogP contribution is 2.30. The third-order valence-electron chi connectivity index (χ3n) is 7.75. The summed E-state index contributed by atoms with van der Waals surface area (Å²) in [6, 6.07) is 40.6. The van der Waals surface area contributed by atoms with Crippen molar-refractivity contribution in [3.05, 3.63) is 131 Å². The molecule has 0 amide bonds. The lowest BCUT2D eigenvalue weighted by atomic mass is 9.94. The van der Waals surface area contributed by atoms with E-state index >= 15 is 0 Å². The number of hydrogen-bond acceptors (Lipinski definition) is 0. The molecule has 1 aliphatic rings. The van der Waals surface area contributed by atoms with Crippen LogP contribution >= 0.6 is 0 Å². The molecule has 0 radical (unpaired) electrons. The lowest BCUT2D eigenvalue weighted by molar-refractivity contribution is 1.11. The van der Waals surface area contributed by atoms with E-state index in [1.165, 1.54) is 59.8 Å². The second-order valence-corrected chi connectivity index (χ2v) is 16.5. The van der Waals surface area contributed by atoms with Gasteiger partial charge in [-0.25, -0.2) is 0 Å². The van der Waals surface area contributed by atoms with Gasteiger partial charge in [0.15, 0.2) is 0 Å². The Morgan fingerprint density at radius 1 is 0.500 bits per heavy atom. The van der Waals surface area contributed by atoms with Crippen molar-refractivity contribution in [3.8, 4) is 22.3 Å². The maximum absolute atomic E-state index is 2.40. The zero-order valence-corrected chi connectivity index (χ0v) is 23.5. The molecule has 186 valence electrons. The topological polar surface area (TPSA) is 0 Å². The van der Waals surface area contributed by atoms with E-state index in [4.69, 9.17) is 0 Å². The molecule has 0 N–H and O–H groups in total. The number of fused-ring (bicyclic) bond motifs is 2. The minimum Gasteiger partial charge on any atom is -0.0763 e. The van der Waals surface area contributed by atoms with Crippen molar-refractivity contribution < 1.29 is 0 Å². The average Bonchev–Trinajstić information content (AvgIpc) is 2.93. The van der Waals surface area contributed by atoms with Crippen molar-refractivity contribution in [1.82, 2.24) is 0 Å². The Hall–Kier alpha value is -3.94. The van der Waals surface area contributed by atoms with Gasteiger partial charge in [-0.15, -0.1) is 0 Å². The summed E-state index contributed by atoms with van der Waals surface area (Å²) < 4.78 is 0. The molecule has 0 aromatic heterocycles. The van der Waals surface area contributed by atoms with Gasteiger partial charge in [0.1, 0.15) is 0 Å². The van der Waals surface area contributed by atoms with Gasteiger partial charge < -0.3 is 0 Å². The van der Waals surface area contributed by atoms with Crippen molar-refractivity contribution in [2.75, 3.05) is 0 Å². The molecular formula is C37H34Si. The van der Waals surface area contributed by atoms with Crippen LogP contribution in [0.15, 0.2) is 115 Å². The van der Waals surface area contributed by atoms with E-state index in [1.54, 1.807) is 0 Å². The number of hydrogen-bond donors (Lipinski definition) is 0. The Labute approximate surface area is 227 Å². The Bertz CT molecular complexity index is 1760. The summed E-state index contributed by atoms with van der Waals surface area (Å²) in [5, 5.41) is 6.71. The van der Waals surface area contributed by atoms with Crippen molar-refractivity contribution in [2.45, 2.75) is 32.5 Å². The molecule has 5 aromatic rings. The predicted octanol–water partition coefficient (Wildman–Crippen LogP) is 8.16. The largest absolute Gasteiger partial charge is 0.0775 e. The molecule has 0 atom stereocenters. The van der Waals surface area contributed by atoms with Gasteiger partial charge in [0, 0.05) is 0 Å². The van der Waals surface area contributed by atoms with Crippen LogP contribution < -0.4 is 15.6 Å². The molecule has 0 saturated heterocycles. The summed E-state index contributed by atoms with van der Waals surface area (Å²) in [5.41, 5.74) is 7.78. The normalized spacial score (nSPS) is 16.7. The highest BCUT2D eigenvalue weighted by molar-refractivity contribution is 6.88. The Balaban J connectivity index is 1.25. The van der Waals surface area contributed by atoms with Crippen LogP contribution in [0.25, 0.3) is 50.8 Å². The van der Waals surface area contributed by atoms with Gasteiger partial charge in [-0.1, -0.05) is 140 Å². The molecule has 0 bridgehead atoms. The van der Waals surface area contributed by atoms with E-state index < -0.39 is 8.07 Å². The predicted molar refractivity (Wildman–Crippen MR) is 170 cm³/mol. The third kappa shape index (κ3) is 5.07. The Morgan fingerprint density at radius 2 is 1.03 bits per heavy atom. The first-order valence-electron chi connectivity index (χ1n) is 13.7. The molecule has 38 heavy (non-hydrogen) atoms. The quantitative estimate of drug-likeness (QED) is 0.216. The van der Waals surface area contributed by atoms with E-state index in [-0.39, 0.29) is 0 Å². The minimum atomic E-state index is -1.27. The minimum absolute atomic E-state index is 1.06. The second kappa shape index (κ2) is 10.1.